The zero-order chi connectivity index (χ0) is 14.2. The lowest BCUT2D eigenvalue weighted by Crippen LogP contribution is -2.49. The summed E-state index contributed by atoms with van der Waals surface area (Å²) in [6.07, 6.45) is 0.621. The van der Waals surface area contributed by atoms with Crippen molar-refractivity contribution in [3.8, 4) is 5.75 Å². The van der Waals surface area contributed by atoms with Crippen LogP contribution < -0.4 is 10.6 Å². The molecule has 2 rings (SSSR count). The van der Waals surface area contributed by atoms with E-state index in [-0.39, 0.29) is 12.2 Å². The Labute approximate surface area is 110 Å². The van der Waals surface area contributed by atoms with Crippen molar-refractivity contribution < 1.29 is 19.8 Å². The van der Waals surface area contributed by atoms with Gasteiger partial charge in [-0.15, -0.1) is 0 Å². The summed E-state index contributed by atoms with van der Waals surface area (Å²) in [4.78, 5) is 24.7. The highest BCUT2D eigenvalue weighted by molar-refractivity contribution is 6.04. The van der Waals surface area contributed by atoms with Crippen LogP contribution in [0.15, 0.2) is 18.2 Å². The molecule has 0 aromatic heterocycles. The summed E-state index contributed by atoms with van der Waals surface area (Å²) in [6, 6.07) is 2.79. The molecule has 1 aromatic carbocycles. The quantitative estimate of drug-likeness (QED) is 0.736. The maximum absolute atomic E-state index is 12.2. The number of carboxylic acids is 1. The van der Waals surface area contributed by atoms with Crippen LogP contribution in [0.1, 0.15) is 18.9 Å². The number of aliphatic carboxylic acids is 1. The van der Waals surface area contributed by atoms with E-state index >= 15 is 0 Å². The molecule has 0 aliphatic carbocycles. The molecule has 0 radical (unpaired) electrons. The Bertz CT molecular complexity index is 529. The molecule has 0 bridgehead atoms. The number of phenolic OH excluding ortho intramolecular Hbond substituents is 1. The van der Waals surface area contributed by atoms with E-state index in [0.717, 1.165) is 0 Å². The highest BCUT2D eigenvalue weighted by Crippen LogP contribution is 2.35. The first-order valence-corrected chi connectivity index (χ1v) is 6.09. The number of aromatic hydroxyl groups is 1. The van der Waals surface area contributed by atoms with Crippen LogP contribution in [0.25, 0.3) is 0 Å². The van der Waals surface area contributed by atoms with Gasteiger partial charge in [0.1, 0.15) is 11.8 Å². The van der Waals surface area contributed by atoms with Crippen LogP contribution in [0, 0.1) is 0 Å². The molecule has 0 saturated heterocycles. The van der Waals surface area contributed by atoms with Gasteiger partial charge in [0.05, 0.1) is 6.04 Å². The fourth-order valence-corrected chi connectivity index (χ4v) is 2.26. The van der Waals surface area contributed by atoms with Crippen molar-refractivity contribution in [2.75, 3.05) is 4.90 Å². The Hall–Kier alpha value is -2.08. The Balaban J connectivity index is 2.43. The van der Waals surface area contributed by atoms with E-state index in [1.165, 1.54) is 17.0 Å². The van der Waals surface area contributed by atoms with Crippen molar-refractivity contribution in [2.24, 2.45) is 5.73 Å². The lowest BCUT2D eigenvalue weighted by Gasteiger charge is -2.25. The van der Waals surface area contributed by atoms with Gasteiger partial charge in [0.15, 0.2) is 0 Å². The Morgan fingerprint density at radius 3 is 2.79 bits per heavy atom. The summed E-state index contributed by atoms with van der Waals surface area (Å²) in [6.45, 7) is 1.77. The summed E-state index contributed by atoms with van der Waals surface area (Å²) in [5.74, 6) is -1.43. The fraction of sp³-hybridized carbons (Fsp3) is 0.385. The third-order valence-electron chi connectivity index (χ3n) is 3.33. The van der Waals surface area contributed by atoms with Gasteiger partial charge in [0, 0.05) is 12.1 Å². The predicted molar refractivity (Wildman–Crippen MR) is 69.0 cm³/mol. The van der Waals surface area contributed by atoms with Gasteiger partial charge < -0.3 is 15.9 Å². The number of nitrogens with zero attached hydrogens (tertiary/aromatic N) is 1. The van der Waals surface area contributed by atoms with Crippen molar-refractivity contribution in [2.45, 2.75) is 31.8 Å². The van der Waals surface area contributed by atoms with E-state index in [1.54, 1.807) is 13.0 Å². The number of amides is 1. The second-order valence-corrected chi connectivity index (χ2v) is 4.59. The SMILES string of the molecule is CC[C@H](N)C(=O)N1c2ccc(O)cc2CC1C(=O)O. The zero-order valence-electron chi connectivity index (χ0n) is 10.5. The highest BCUT2D eigenvalue weighted by Gasteiger charge is 2.39. The van der Waals surface area contributed by atoms with E-state index in [1.807, 2.05) is 0 Å². The maximum atomic E-state index is 12.2. The van der Waals surface area contributed by atoms with Crippen molar-refractivity contribution in [3.63, 3.8) is 0 Å². The van der Waals surface area contributed by atoms with E-state index in [4.69, 9.17) is 5.73 Å². The van der Waals surface area contributed by atoms with Crippen molar-refractivity contribution >= 4 is 17.6 Å². The largest absolute Gasteiger partial charge is 0.508 e. The molecular formula is C13H16N2O4. The molecule has 6 heteroatoms. The number of phenols is 1. The van der Waals surface area contributed by atoms with Crippen LogP contribution >= 0.6 is 0 Å². The van der Waals surface area contributed by atoms with E-state index in [0.29, 0.717) is 17.7 Å². The monoisotopic (exact) mass is 264 g/mol. The van der Waals surface area contributed by atoms with Gasteiger partial charge in [-0.3, -0.25) is 9.69 Å². The van der Waals surface area contributed by atoms with Crippen LogP contribution in [0.3, 0.4) is 0 Å². The van der Waals surface area contributed by atoms with E-state index in [9.17, 15) is 19.8 Å². The standard InChI is InChI=1S/C13H16N2O4/c1-2-9(14)12(17)15-10-4-3-8(16)5-7(10)6-11(15)13(18)19/h3-5,9,11,16H,2,6,14H2,1H3,(H,18,19)/t9-,11?/m0/s1. The number of anilines is 1. The number of carbonyl (C=O) groups is 2. The fourth-order valence-electron chi connectivity index (χ4n) is 2.26. The molecule has 19 heavy (non-hydrogen) atoms. The molecule has 1 aromatic rings. The van der Waals surface area contributed by atoms with Gasteiger partial charge in [-0.25, -0.2) is 4.79 Å². The third kappa shape index (κ3) is 2.26. The summed E-state index contributed by atoms with van der Waals surface area (Å²) >= 11 is 0. The first-order chi connectivity index (χ1) is 8.95. The molecule has 1 unspecified atom stereocenters. The van der Waals surface area contributed by atoms with Crippen molar-refractivity contribution in [1.82, 2.24) is 0 Å². The number of carbonyl (C=O) groups excluding carboxylic acids is 1. The molecule has 4 N–H and O–H groups in total. The van der Waals surface area contributed by atoms with Gasteiger partial charge in [-0.05, 0) is 30.2 Å². The summed E-state index contributed by atoms with van der Waals surface area (Å²) in [5.41, 5.74) is 6.87. The number of hydrogen-bond acceptors (Lipinski definition) is 4. The highest BCUT2D eigenvalue weighted by atomic mass is 16.4. The second-order valence-electron chi connectivity index (χ2n) is 4.59. The Morgan fingerprint density at radius 1 is 1.53 bits per heavy atom. The van der Waals surface area contributed by atoms with Gasteiger partial charge in [0.2, 0.25) is 5.91 Å². The van der Waals surface area contributed by atoms with Crippen LogP contribution in [0.5, 0.6) is 5.75 Å². The average Bonchev–Trinajstić information content (AvgIpc) is 2.75. The number of carboxylic acid groups (broad SMARTS) is 1. The van der Waals surface area contributed by atoms with Crippen LogP contribution in [0.4, 0.5) is 5.69 Å². The first-order valence-electron chi connectivity index (χ1n) is 6.09. The molecule has 6 nitrogen and oxygen atoms in total. The normalized spacial score (nSPS) is 19.1. The van der Waals surface area contributed by atoms with E-state index < -0.39 is 24.0 Å². The van der Waals surface area contributed by atoms with Crippen LogP contribution in [0.2, 0.25) is 0 Å². The first kappa shape index (κ1) is 13.4. The van der Waals surface area contributed by atoms with E-state index in [2.05, 4.69) is 0 Å². The van der Waals surface area contributed by atoms with Crippen molar-refractivity contribution in [1.29, 1.82) is 0 Å². The minimum atomic E-state index is -1.08. The second kappa shape index (κ2) is 4.89. The molecule has 1 aliphatic rings. The molecule has 2 atom stereocenters. The summed E-state index contributed by atoms with van der Waals surface area (Å²) < 4.78 is 0. The zero-order valence-corrected chi connectivity index (χ0v) is 10.5. The predicted octanol–water partition coefficient (Wildman–Crippen LogP) is 0.472. The minimum absolute atomic E-state index is 0.0528. The molecule has 1 aliphatic heterocycles. The smallest absolute Gasteiger partial charge is 0.327 e. The molecule has 0 saturated carbocycles. The number of fused-ring (bicyclic) bond motifs is 1. The minimum Gasteiger partial charge on any atom is -0.508 e. The lowest BCUT2D eigenvalue weighted by atomic mass is 10.1. The number of hydrogen-bond donors (Lipinski definition) is 3. The third-order valence-corrected chi connectivity index (χ3v) is 3.33. The summed E-state index contributed by atoms with van der Waals surface area (Å²) in [7, 11) is 0. The number of nitrogens with two attached hydrogens (primary N) is 1. The van der Waals surface area contributed by atoms with Crippen molar-refractivity contribution in [3.05, 3.63) is 23.8 Å². The molecular weight excluding hydrogens is 248 g/mol. The van der Waals surface area contributed by atoms with Crippen LogP contribution in [-0.4, -0.2) is 34.2 Å². The maximum Gasteiger partial charge on any atom is 0.327 e. The summed E-state index contributed by atoms with van der Waals surface area (Å²) in [5, 5.41) is 18.7. The molecule has 0 fully saturated rings. The number of benzene rings is 1. The van der Waals surface area contributed by atoms with Gasteiger partial charge in [-0.1, -0.05) is 6.92 Å². The number of rotatable bonds is 3. The van der Waals surface area contributed by atoms with Gasteiger partial charge in [-0.2, -0.15) is 0 Å². The molecule has 0 spiro atoms. The Kier molecular flexibility index (Phi) is 3.44. The molecule has 1 amide bonds. The van der Waals surface area contributed by atoms with Gasteiger partial charge in [0.25, 0.3) is 0 Å². The molecule has 1 heterocycles. The van der Waals surface area contributed by atoms with Crippen LogP contribution in [-0.2, 0) is 16.0 Å². The molecule has 102 valence electrons. The average molecular weight is 264 g/mol. The lowest BCUT2D eigenvalue weighted by molar-refractivity contribution is -0.140. The topological polar surface area (TPSA) is 104 Å². The Morgan fingerprint density at radius 2 is 2.21 bits per heavy atom. The van der Waals surface area contributed by atoms with Gasteiger partial charge >= 0.3 is 5.97 Å².